The largest absolute Gasteiger partial charge is 0.493 e. The number of nitrogens with two attached hydrogens (primary N) is 1. The van der Waals surface area contributed by atoms with Crippen molar-refractivity contribution in [3.63, 3.8) is 0 Å². The van der Waals surface area contributed by atoms with Gasteiger partial charge in [-0.25, -0.2) is 5.84 Å². The summed E-state index contributed by atoms with van der Waals surface area (Å²) in [6, 6.07) is 17.2. The Kier molecular flexibility index (Phi) is 8.91. The third-order valence-electron chi connectivity index (χ3n) is 5.26. The number of anilines is 1. The summed E-state index contributed by atoms with van der Waals surface area (Å²) < 4.78 is 16.1. The number of rotatable bonds is 10. The van der Waals surface area contributed by atoms with Gasteiger partial charge in [0.2, 0.25) is 11.7 Å². The van der Waals surface area contributed by atoms with Gasteiger partial charge in [0.05, 0.1) is 33.9 Å². The maximum absolute atomic E-state index is 13.3. The smallest absolute Gasteiger partial charge is 0.255 e. The molecule has 3 rings (SSSR count). The lowest BCUT2D eigenvalue weighted by Crippen LogP contribution is -2.39. The summed E-state index contributed by atoms with van der Waals surface area (Å²) in [5.74, 6) is 5.53. The molecule has 1 unspecified atom stereocenters. The molecule has 3 aromatic rings. The Morgan fingerprint density at radius 2 is 1.60 bits per heavy atom. The Balaban J connectivity index is 2.01. The van der Waals surface area contributed by atoms with Crippen LogP contribution < -0.4 is 36.1 Å². The third kappa shape index (κ3) is 6.21. The molecule has 0 bridgehead atoms. The molecule has 1 atom stereocenters. The van der Waals surface area contributed by atoms with E-state index in [0.717, 1.165) is 5.56 Å². The summed E-state index contributed by atoms with van der Waals surface area (Å²) in [4.78, 5) is 25.1. The molecule has 0 aromatic heterocycles. The number of hydrazine groups is 1. The normalized spacial score (nSPS) is 11.3. The first-order chi connectivity index (χ1) is 16.9. The van der Waals surface area contributed by atoms with E-state index in [0.29, 0.717) is 39.1 Å². The molecule has 10 heteroatoms. The summed E-state index contributed by atoms with van der Waals surface area (Å²) >= 11 is 6.32. The van der Waals surface area contributed by atoms with Crippen molar-refractivity contribution in [3.8, 4) is 17.2 Å². The van der Waals surface area contributed by atoms with Crippen LogP contribution in [0.4, 0.5) is 5.69 Å². The number of carbonyl (C=O) groups excluding carboxylic acids is 2. The van der Waals surface area contributed by atoms with Crippen LogP contribution in [0.3, 0.4) is 0 Å². The Labute approximate surface area is 208 Å². The summed E-state index contributed by atoms with van der Waals surface area (Å²) in [5, 5.41) is 6.58. The van der Waals surface area contributed by atoms with E-state index in [1.807, 2.05) is 30.3 Å². The fourth-order valence-corrected chi connectivity index (χ4v) is 3.77. The first-order valence-electron chi connectivity index (χ1n) is 10.6. The second-order valence-electron chi connectivity index (χ2n) is 7.39. The van der Waals surface area contributed by atoms with E-state index in [1.165, 1.54) is 21.3 Å². The molecule has 0 saturated heterocycles. The average Bonchev–Trinajstić information content (AvgIpc) is 2.89. The molecular formula is C25H27ClN4O5. The number of carbonyl (C=O) groups is 2. The van der Waals surface area contributed by atoms with Crippen LogP contribution in [0.25, 0.3) is 0 Å². The molecule has 0 saturated carbocycles. The van der Waals surface area contributed by atoms with Gasteiger partial charge in [-0.05, 0) is 41.5 Å². The predicted octanol–water partition coefficient (Wildman–Crippen LogP) is 3.29. The summed E-state index contributed by atoms with van der Waals surface area (Å²) in [6.07, 6.45) is 0. The van der Waals surface area contributed by atoms with Crippen LogP contribution in [0.1, 0.15) is 27.5 Å². The zero-order chi connectivity index (χ0) is 25.4. The molecule has 9 nitrogen and oxygen atoms in total. The summed E-state index contributed by atoms with van der Waals surface area (Å²) in [7, 11) is 4.44. The zero-order valence-electron chi connectivity index (χ0n) is 19.6. The molecule has 5 N–H and O–H groups in total. The Morgan fingerprint density at radius 3 is 2.17 bits per heavy atom. The number of halogens is 1. The minimum atomic E-state index is -0.470. The lowest BCUT2D eigenvalue weighted by molar-refractivity contribution is -0.120. The first-order valence-corrected chi connectivity index (χ1v) is 11.0. The molecule has 2 amide bonds. The fraction of sp³-hybridized carbons (Fsp3) is 0.200. The lowest BCUT2D eigenvalue weighted by atomic mass is 9.96. The highest BCUT2D eigenvalue weighted by atomic mass is 35.5. The highest BCUT2D eigenvalue weighted by Crippen LogP contribution is 2.38. The van der Waals surface area contributed by atoms with Gasteiger partial charge in [-0.15, -0.1) is 0 Å². The molecule has 0 aliphatic heterocycles. The highest BCUT2D eigenvalue weighted by Gasteiger charge is 2.22. The Morgan fingerprint density at radius 1 is 0.943 bits per heavy atom. The molecule has 184 valence electrons. The van der Waals surface area contributed by atoms with Crippen LogP contribution in [-0.2, 0) is 4.79 Å². The van der Waals surface area contributed by atoms with Crippen molar-refractivity contribution in [2.24, 2.45) is 5.84 Å². The van der Waals surface area contributed by atoms with Crippen molar-refractivity contribution in [2.75, 3.05) is 33.2 Å². The fourth-order valence-electron chi connectivity index (χ4n) is 3.59. The predicted molar refractivity (Wildman–Crippen MR) is 134 cm³/mol. The maximum atomic E-state index is 13.3. The van der Waals surface area contributed by atoms with Crippen LogP contribution in [-0.4, -0.2) is 39.7 Å². The minimum absolute atomic E-state index is 0.0527. The monoisotopic (exact) mass is 498 g/mol. The van der Waals surface area contributed by atoms with E-state index < -0.39 is 17.9 Å². The average molecular weight is 499 g/mol. The number of benzene rings is 3. The van der Waals surface area contributed by atoms with Gasteiger partial charge in [-0.3, -0.25) is 20.3 Å². The Hall–Kier alpha value is -3.79. The van der Waals surface area contributed by atoms with Gasteiger partial charge >= 0.3 is 0 Å². The van der Waals surface area contributed by atoms with Gasteiger partial charge in [-0.1, -0.05) is 41.9 Å². The van der Waals surface area contributed by atoms with Crippen molar-refractivity contribution in [1.29, 1.82) is 0 Å². The van der Waals surface area contributed by atoms with Gasteiger partial charge in [0.15, 0.2) is 11.5 Å². The molecule has 0 fully saturated rings. The second-order valence-corrected chi connectivity index (χ2v) is 7.83. The maximum Gasteiger partial charge on any atom is 0.255 e. The van der Waals surface area contributed by atoms with Crippen molar-refractivity contribution >= 4 is 29.1 Å². The van der Waals surface area contributed by atoms with Crippen LogP contribution in [0.5, 0.6) is 17.2 Å². The molecular weight excluding hydrogens is 472 g/mol. The van der Waals surface area contributed by atoms with Gasteiger partial charge in [0.25, 0.3) is 5.91 Å². The number of methoxy groups -OCH3 is 3. The van der Waals surface area contributed by atoms with E-state index in [4.69, 9.17) is 31.7 Å². The van der Waals surface area contributed by atoms with Crippen LogP contribution in [0.2, 0.25) is 5.02 Å². The van der Waals surface area contributed by atoms with E-state index in [2.05, 4.69) is 16.1 Å². The summed E-state index contributed by atoms with van der Waals surface area (Å²) in [5.41, 5.74) is 4.43. The van der Waals surface area contributed by atoms with E-state index in [-0.39, 0.29) is 6.54 Å². The van der Waals surface area contributed by atoms with Crippen LogP contribution in [0.15, 0.2) is 60.7 Å². The second kappa shape index (κ2) is 12.1. The van der Waals surface area contributed by atoms with Crippen LogP contribution >= 0.6 is 11.6 Å². The number of ether oxygens (including phenoxy) is 3. The number of hydrogen-bond donors (Lipinski definition) is 4. The van der Waals surface area contributed by atoms with E-state index in [1.54, 1.807) is 30.3 Å². The van der Waals surface area contributed by atoms with Crippen LogP contribution in [0, 0.1) is 0 Å². The van der Waals surface area contributed by atoms with E-state index >= 15 is 0 Å². The lowest BCUT2D eigenvalue weighted by Gasteiger charge is -2.23. The molecule has 0 aliphatic carbocycles. The topological polar surface area (TPSA) is 124 Å². The number of hydrogen-bond acceptors (Lipinski definition) is 7. The van der Waals surface area contributed by atoms with Gasteiger partial charge in [0, 0.05) is 16.3 Å². The van der Waals surface area contributed by atoms with Crippen molar-refractivity contribution < 1.29 is 23.8 Å². The number of nitrogens with one attached hydrogen (secondary N) is 3. The van der Waals surface area contributed by atoms with Gasteiger partial charge in [0.1, 0.15) is 0 Å². The third-order valence-corrected chi connectivity index (χ3v) is 5.50. The van der Waals surface area contributed by atoms with Gasteiger partial charge < -0.3 is 19.5 Å². The number of amides is 2. The molecule has 3 aromatic carbocycles. The Bertz CT molecular complexity index is 1160. The molecule has 0 spiro atoms. The quantitative estimate of drug-likeness (QED) is 0.192. The first kappa shape index (κ1) is 25.8. The van der Waals surface area contributed by atoms with Crippen molar-refractivity contribution in [3.05, 3.63) is 82.4 Å². The molecule has 0 heterocycles. The zero-order valence-corrected chi connectivity index (χ0v) is 20.3. The molecule has 0 aliphatic rings. The standard InChI is InChI=1S/C25H27ClN4O5/c1-33-20-11-16(12-21(34-2)24(20)35-3)25(32)29-19-10-9-17(26)13-18(19)23(28-14-22(31)30-27)15-7-5-4-6-8-15/h4-13,23,28H,14,27H2,1-3H3,(H,29,32)(H,30,31). The molecule has 35 heavy (non-hydrogen) atoms. The minimum Gasteiger partial charge on any atom is -0.493 e. The molecule has 0 radical (unpaired) electrons. The SMILES string of the molecule is COc1cc(C(=O)Nc2ccc(Cl)cc2C(NCC(=O)NN)c2ccccc2)cc(OC)c1OC. The van der Waals surface area contributed by atoms with Crippen molar-refractivity contribution in [1.82, 2.24) is 10.7 Å². The summed E-state index contributed by atoms with van der Waals surface area (Å²) in [6.45, 7) is -0.0527. The van der Waals surface area contributed by atoms with E-state index in [9.17, 15) is 9.59 Å². The van der Waals surface area contributed by atoms with Crippen molar-refractivity contribution in [2.45, 2.75) is 6.04 Å². The highest BCUT2D eigenvalue weighted by molar-refractivity contribution is 6.30. The van der Waals surface area contributed by atoms with Gasteiger partial charge in [-0.2, -0.15) is 0 Å².